The van der Waals surface area contributed by atoms with Crippen LogP contribution in [0.2, 0.25) is 0 Å². The Kier molecular flexibility index (Phi) is 4.76. The first-order chi connectivity index (χ1) is 7.61. The smallest absolute Gasteiger partial charge is 0.303 e. The van der Waals surface area contributed by atoms with Crippen molar-refractivity contribution < 1.29 is 9.90 Å². The number of rotatable bonds is 6. The van der Waals surface area contributed by atoms with Crippen LogP contribution in [-0.4, -0.2) is 28.6 Å². The SMILES string of the molecule is CC(C)N(CCCC(=O)O)c1ccncc1. The summed E-state index contributed by atoms with van der Waals surface area (Å²) in [4.78, 5) is 16.6. The molecule has 1 rings (SSSR count). The van der Waals surface area contributed by atoms with Crippen molar-refractivity contribution in [3.8, 4) is 0 Å². The van der Waals surface area contributed by atoms with Crippen molar-refractivity contribution in [2.75, 3.05) is 11.4 Å². The molecule has 4 heteroatoms. The fourth-order valence-corrected chi connectivity index (χ4v) is 1.62. The van der Waals surface area contributed by atoms with E-state index in [0.717, 1.165) is 12.2 Å². The lowest BCUT2D eigenvalue weighted by molar-refractivity contribution is -0.137. The molecule has 1 aromatic heterocycles. The van der Waals surface area contributed by atoms with Gasteiger partial charge in [0.1, 0.15) is 0 Å². The summed E-state index contributed by atoms with van der Waals surface area (Å²) in [7, 11) is 0. The molecule has 0 amide bonds. The average molecular weight is 222 g/mol. The van der Waals surface area contributed by atoms with E-state index < -0.39 is 5.97 Å². The molecule has 0 unspecified atom stereocenters. The van der Waals surface area contributed by atoms with Crippen LogP contribution < -0.4 is 4.90 Å². The van der Waals surface area contributed by atoms with Crippen molar-refractivity contribution in [1.29, 1.82) is 0 Å². The van der Waals surface area contributed by atoms with E-state index in [4.69, 9.17) is 5.11 Å². The predicted molar refractivity (Wildman–Crippen MR) is 63.6 cm³/mol. The molecule has 4 nitrogen and oxygen atoms in total. The van der Waals surface area contributed by atoms with E-state index in [1.54, 1.807) is 12.4 Å². The molecule has 88 valence electrons. The van der Waals surface area contributed by atoms with Gasteiger partial charge in [-0.25, -0.2) is 0 Å². The zero-order chi connectivity index (χ0) is 12.0. The molecule has 0 bridgehead atoms. The highest BCUT2D eigenvalue weighted by Gasteiger charge is 2.10. The summed E-state index contributed by atoms with van der Waals surface area (Å²) in [6, 6.07) is 4.25. The molecular weight excluding hydrogens is 204 g/mol. The number of pyridine rings is 1. The van der Waals surface area contributed by atoms with Crippen LogP contribution in [0.3, 0.4) is 0 Å². The van der Waals surface area contributed by atoms with E-state index in [0.29, 0.717) is 12.5 Å². The van der Waals surface area contributed by atoms with Crippen LogP contribution in [0.5, 0.6) is 0 Å². The fourth-order valence-electron chi connectivity index (χ4n) is 1.62. The first-order valence-corrected chi connectivity index (χ1v) is 5.49. The minimum absolute atomic E-state index is 0.217. The molecule has 0 aliphatic rings. The quantitative estimate of drug-likeness (QED) is 0.801. The van der Waals surface area contributed by atoms with E-state index in [-0.39, 0.29) is 6.42 Å². The van der Waals surface area contributed by atoms with Crippen molar-refractivity contribution in [2.45, 2.75) is 32.7 Å². The van der Waals surface area contributed by atoms with Gasteiger partial charge in [-0.2, -0.15) is 0 Å². The van der Waals surface area contributed by atoms with E-state index >= 15 is 0 Å². The molecule has 0 spiro atoms. The van der Waals surface area contributed by atoms with E-state index in [1.165, 1.54) is 0 Å². The van der Waals surface area contributed by atoms with E-state index in [9.17, 15) is 4.79 Å². The standard InChI is InChI=1S/C12H18N2O2/c1-10(2)14(9-3-4-12(15)16)11-5-7-13-8-6-11/h5-8,10H,3-4,9H2,1-2H3,(H,15,16). The van der Waals surface area contributed by atoms with Crippen molar-refractivity contribution in [3.05, 3.63) is 24.5 Å². The zero-order valence-corrected chi connectivity index (χ0v) is 9.76. The Hall–Kier alpha value is -1.58. The minimum atomic E-state index is -0.738. The Morgan fingerprint density at radius 3 is 2.56 bits per heavy atom. The van der Waals surface area contributed by atoms with Gasteiger partial charge in [-0.3, -0.25) is 9.78 Å². The molecule has 0 atom stereocenters. The van der Waals surface area contributed by atoms with Gasteiger partial charge in [0.2, 0.25) is 0 Å². The third-order valence-corrected chi connectivity index (χ3v) is 2.41. The van der Waals surface area contributed by atoms with Crippen LogP contribution in [0.4, 0.5) is 5.69 Å². The van der Waals surface area contributed by atoms with Gasteiger partial charge in [0.15, 0.2) is 0 Å². The second-order valence-electron chi connectivity index (χ2n) is 3.99. The molecule has 1 N–H and O–H groups in total. The average Bonchev–Trinajstić information content (AvgIpc) is 2.25. The van der Waals surface area contributed by atoms with Crippen LogP contribution >= 0.6 is 0 Å². The third kappa shape index (κ3) is 3.88. The molecule has 0 saturated carbocycles. The summed E-state index contributed by atoms with van der Waals surface area (Å²) in [5, 5.41) is 8.61. The van der Waals surface area contributed by atoms with E-state index in [1.807, 2.05) is 12.1 Å². The number of anilines is 1. The molecule has 0 aromatic carbocycles. The van der Waals surface area contributed by atoms with Gasteiger partial charge in [0.25, 0.3) is 0 Å². The molecule has 0 aliphatic heterocycles. The summed E-state index contributed by atoms with van der Waals surface area (Å²) in [5.41, 5.74) is 1.09. The maximum absolute atomic E-state index is 10.5. The Morgan fingerprint density at radius 2 is 2.06 bits per heavy atom. The number of hydrogen-bond acceptors (Lipinski definition) is 3. The van der Waals surface area contributed by atoms with Crippen molar-refractivity contribution >= 4 is 11.7 Å². The van der Waals surface area contributed by atoms with Crippen LogP contribution in [0, 0.1) is 0 Å². The highest BCUT2D eigenvalue weighted by molar-refractivity contribution is 5.66. The lowest BCUT2D eigenvalue weighted by Crippen LogP contribution is -2.31. The normalized spacial score (nSPS) is 10.4. The number of hydrogen-bond donors (Lipinski definition) is 1. The van der Waals surface area contributed by atoms with Crippen molar-refractivity contribution in [3.63, 3.8) is 0 Å². The number of carboxylic acid groups (broad SMARTS) is 1. The van der Waals surface area contributed by atoms with Gasteiger partial charge in [-0.05, 0) is 32.4 Å². The highest BCUT2D eigenvalue weighted by atomic mass is 16.4. The molecule has 0 fully saturated rings. The Morgan fingerprint density at radius 1 is 1.44 bits per heavy atom. The predicted octanol–water partition coefficient (Wildman–Crippen LogP) is 2.16. The molecular formula is C12H18N2O2. The first-order valence-electron chi connectivity index (χ1n) is 5.49. The van der Waals surface area contributed by atoms with Crippen LogP contribution in [0.25, 0.3) is 0 Å². The first kappa shape index (κ1) is 12.5. The van der Waals surface area contributed by atoms with Gasteiger partial charge in [-0.1, -0.05) is 0 Å². The Labute approximate surface area is 95.9 Å². The maximum atomic E-state index is 10.5. The number of aliphatic carboxylic acids is 1. The van der Waals surface area contributed by atoms with E-state index in [2.05, 4.69) is 23.7 Å². The topological polar surface area (TPSA) is 53.4 Å². The van der Waals surface area contributed by atoms with Crippen molar-refractivity contribution in [1.82, 2.24) is 4.98 Å². The maximum Gasteiger partial charge on any atom is 0.303 e. The minimum Gasteiger partial charge on any atom is -0.481 e. The summed E-state index contributed by atoms with van der Waals surface area (Å²) in [6.07, 6.45) is 4.38. The molecule has 1 aromatic rings. The summed E-state index contributed by atoms with van der Waals surface area (Å²) in [6.45, 7) is 4.95. The number of aromatic nitrogens is 1. The molecule has 16 heavy (non-hydrogen) atoms. The molecule has 1 heterocycles. The molecule has 0 radical (unpaired) electrons. The van der Waals surface area contributed by atoms with Gasteiger partial charge >= 0.3 is 5.97 Å². The Bertz CT molecular complexity index is 325. The summed E-state index contributed by atoms with van der Waals surface area (Å²) < 4.78 is 0. The number of carbonyl (C=O) groups is 1. The Balaban J connectivity index is 2.58. The van der Waals surface area contributed by atoms with Gasteiger partial charge in [0.05, 0.1) is 0 Å². The van der Waals surface area contributed by atoms with Crippen molar-refractivity contribution in [2.24, 2.45) is 0 Å². The highest BCUT2D eigenvalue weighted by Crippen LogP contribution is 2.16. The van der Waals surface area contributed by atoms with Gasteiger partial charge in [-0.15, -0.1) is 0 Å². The van der Waals surface area contributed by atoms with Gasteiger partial charge < -0.3 is 10.0 Å². The zero-order valence-electron chi connectivity index (χ0n) is 9.76. The van der Waals surface area contributed by atoms with Crippen LogP contribution in [0.1, 0.15) is 26.7 Å². The lowest BCUT2D eigenvalue weighted by Gasteiger charge is -2.28. The summed E-state index contributed by atoms with van der Waals surface area (Å²) in [5.74, 6) is -0.738. The van der Waals surface area contributed by atoms with Crippen LogP contribution in [0.15, 0.2) is 24.5 Å². The third-order valence-electron chi connectivity index (χ3n) is 2.41. The largest absolute Gasteiger partial charge is 0.481 e. The molecule has 0 saturated heterocycles. The van der Waals surface area contributed by atoms with Crippen LogP contribution in [-0.2, 0) is 4.79 Å². The summed E-state index contributed by atoms with van der Waals surface area (Å²) >= 11 is 0. The van der Waals surface area contributed by atoms with Gasteiger partial charge in [0, 0.05) is 37.1 Å². The number of nitrogens with zero attached hydrogens (tertiary/aromatic N) is 2. The molecule has 0 aliphatic carbocycles. The lowest BCUT2D eigenvalue weighted by atomic mass is 10.2. The second-order valence-corrected chi connectivity index (χ2v) is 3.99. The fraction of sp³-hybridized carbons (Fsp3) is 0.500. The second kappa shape index (κ2) is 6.10. The number of carboxylic acids is 1. The monoisotopic (exact) mass is 222 g/mol.